The average Bonchev–Trinajstić information content (AvgIpc) is 3.01. The first-order chi connectivity index (χ1) is 13.6. The lowest BCUT2D eigenvalue weighted by molar-refractivity contribution is -0.177. The van der Waals surface area contributed by atoms with Crippen molar-refractivity contribution in [3.63, 3.8) is 0 Å². The predicted molar refractivity (Wildman–Crippen MR) is 109 cm³/mol. The summed E-state index contributed by atoms with van der Waals surface area (Å²) < 4.78 is 38.1. The van der Waals surface area contributed by atoms with Crippen molar-refractivity contribution in [1.29, 1.82) is 0 Å². The van der Waals surface area contributed by atoms with E-state index in [-0.39, 0.29) is 0 Å². The number of aliphatic hydroxyl groups is 1. The maximum absolute atomic E-state index is 11.1. The van der Waals surface area contributed by atoms with Gasteiger partial charge in [-0.05, 0) is 52.2 Å². The van der Waals surface area contributed by atoms with Crippen LogP contribution in [0.3, 0.4) is 0 Å². The minimum absolute atomic E-state index is 0.409. The van der Waals surface area contributed by atoms with Crippen LogP contribution in [-0.2, 0) is 25.5 Å². The normalized spacial score (nSPS) is 13.6. The number of nitrogens with zero attached hydrogens (tertiary/aromatic N) is 2. The molecule has 0 fully saturated rings. The smallest absolute Gasteiger partial charge is 0.266 e. The van der Waals surface area contributed by atoms with Crippen LogP contribution in [0.15, 0.2) is 28.9 Å². The van der Waals surface area contributed by atoms with Crippen LogP contribution in [0.5, 0.6) is 0 Å². The fraction of sp³-hybridized carbons (Fsp3) is 0.600. The van der Waals surface area contributed by atoms with Crippen LogP contribution >= 0.6 is 0 Å². The van der Waals surface area contributed by atoms with E-state index in [0.717, 1.165) is 55.4 Å². The number of aromatic nitrogens is 2. The molecule has 0 saturated heterocycles. The Kier molecular flexibility index (Phi) is 8.33. The monoisotopic (exact) mass is 426 g/mol. The van der Waals surface area contributed by atoms with Gasteiger partial charge in [-0.2, -0.15) is 8.42 Å². The van der Waals surface area contributed by atoms with Crippen LogP contribution in [0.25, 0.3) is 11.5 Å². The number of unbranched alkanes of at least 4 members (excludes halogenated alkanes) is 3. The quantitative estimate of drug-likeness (QED) is 0.313. The topological polar surface area (TPSA) is 112 Å². The molecular weight excluding hydrogens is 396 g/mol. The zero-order chi connectivity index (χ0) is 21.5. The van der Waals surface area contributed by atoms with E-state index < -0.39 is 22.0 Å². The van der Waals surface area contributed by atoms with E-state index in [1.807, 2.05) is 19.1 Å². The molecule has 1 N–H and O–H groups in total. The average molecular weight is 427 g/mol. The molecule has 162 valence electrons. The highest BCUT2D eigenvalue weighted by Crippen LogP contribution is 2.22. The molecule has 8 nitrogen and oxygen atoms in total. The maximum Gasteiger partial charge on any atom is 0.266 e. The van der Waals surface area contributed by atoms with E-state index in [4.69, 9.17) is 9.15 Å². The summed E-state index contributed by atoms with van der Waals surface area (Å²) in [5, 5.41) is 9.84. The molecule has 0 saturated carbocycles. The number of aliphatic hydroxyl groups excluding tert-OH is 1. The summed E-state index contributed by atoms with van der Waals surface area (Å²) in [6, 6.07) is 3.74. The van der Waals surface area contributed by atoms with Crippen molar-refractivity contribution in [1.82, 2.24) is 9.97 Å². The van der Waals surface area contributed by atoms with Crippen LogP contribution in [0.1, 0.15) is 51.0 Å². The number of oxazole rings is 1. The van der Waals surface area contributed by atoms with Gasteiger partial charge in [0.25, 0.3) is 10.1 Å². The highest BCUT2D eigenvalue weighted by Gasteiger charge is 2.32. The Bertz CT molecular complexity index is 864. The Morgan fingerprint density at radius 1 is 1.17 bits per heavy atom. The molecule has 2 heterocycles. The van der Waals surface area contributed by atoms with Gasteiger partial charge in [0.15, 0.2) is 0 Å². The highest BCUT2D eigenvalue weighted by atomic mass is 32.2. The lowest BCUT2D eigenvalue weighted by Crippen LogP contribution is -2.42. The van der Waals surface area contributed by atoms with Gasteiger partial charge in [0.1, 0.15) is 11.4 Å². The van der Waals surface area contributed by atoms with Gasteiger partial charge in [-0.1, -0.05) is 12.8 Å². The fourth-order valence-electron chi connectivity index (χ4n) is 2.71. The van der Waals surface area contributed by atoms with Crippen LogP contribution in [0, 0.1) is 6.92 Å². The Morgan fingerprint density at radius 3 is 2.48 bits per heavy atom. The number of aryl methyl sites for hydroxylation is 2. The van der Waals surface area contributed by atoms with Gasteiger partial charge in [-0.25, -0.2) is 9.17 Å². The summed E-state index contributed by atoms with van der Waals surface area (Å²) in [6.07, 6.45) is 7.35. The third-order valence-electron chi connectivity index (χ3n) is 4.46. The molecule has 2 aromatic rings. The first-order valence-corrected chi connectivity index (χ1v) is 11.5. The van der Waals surface area contributed by atoms with Crippen molar-refractivity contribution < 1.29 is 26.9 Å². The lowest BCUT2D eigenvalue weighted by Gasteiger charge is -2.29. The van der Waals surface area contributed by atoms with E-state index in [0.29, 0.717) is 12.5 Å². The molecule has 0 amide bonds. The molecule has 0 radical (unpaired) electrons. The standard InChI is InChI=1S/C20H30N2O6S/c1-15-17(22-18(27-15)16-10-12-21-13-11-16)9-7-5-6-8-14-26-20(2,3)19(23)28-29(4,24)25/h10-13,19,23H,5-9,14H2,1-4H3. The minimum atomic E-state index is -3.74. The summed E-state index contributed by atoms with van der Waals surface area (Å²) in [5.41, 5.74) is 0.774. The molecule has 1 atom stereocenters. The van der Waals surface area contributed by atoms with Crippen molar-refractivity contribution in [2.45, 2.75) is 64.8 Å². The van der Waals surface area contributed by atoms with Gasteiger partial charge in [0, 0.05) is 24.6 Å². The van der Waals surface area contributed by atoms with Gasteiger partial charge in [-0.3, -0.25) is 4.98 Å². The Hall–Kier alpha value is -1.81. The molecule has 2 rings (SSSR count). The lowest BCUT2D eigenvalue weighted by atomic mass is 10.1. The predicted octanol–water partition coefficient (Wildman–Crippen LogP) is 3.24. The SMILES string of the molecule is Cc1oc(-c2ccncc2)nc1CCCCCCOC(C)(C)C(O)OS(C)(=O)=O. The number of hydrogen-bond acceptors (Lipinski definition) is 8. The van der Waals surface area contributed by atoms with Crippen molar-refractivity contribution in [2.75, 3.05) is 12.9 Å². The molecule has 0 aliphatic carbocycles. The molecule has 0 aliphatic rings. The zero-order valence-corrected chi connectivity index (χ0v) is 18.2. The Morgan fingerprint density at radius 2 is 1.83 bits per heavy atom. The number of pyridine rings is 1. The molecular formula is C20H30N2O6S. The molecule has 0 aromatic carbocycles. The van der Waals surface area contributed by atoms with Crippen molar-refractivity contribution in [2.24, 2.45) is 0 Å². The maximum atomic E-state index is 11.1. The van der Waals surface area contributed by atoms with Gasteiger partial charge >= 0.3 is 0 Å². The van der Waals surface area contributed by atoms with E-state index in [1.54, 1.807) is 26.2 Å². The second-order valence-corrected chi connectivity index (χ2v) is 9.13. The van der Waals surface area contributed by atoms with E-state index in [1.165, 1.54) is 0 Å². The van der Waals surface area contributed by atoms with E-state index in [9.17, 15) is 13.5 Å². The second kappa shape index (κ2) is 10.3. The number of rotatable bonds is 12. The second-order valence-electron chi connectivity index (χ2n) is 7.53. The molecule has 1 unspecified atom stereocenters. The molecule has 2 aromatic heterocycles. The largest absolute Gasteiger partial charge is 0.441 e. The number of ether oxygens (including phenoxy) is 1. The van der Waals surface area contributed by atoms with Crippen molar-refractivity contribution in [3.8, 4) is 11.5 Å². The minimum Gasteiger partial charge on any atom is -0.441 e. The third kappa shape index (κ3) is 7.85. The Labute approximate surface area is 172 Å². The summed E-state index contributed by atoms with van der Waals surface area (Å²) >= 11 is 0. The summed E-state index contributed by atoms with van der Waals surface area (Å²) in [4.78, 5) is 8.58. The molecule has 29 heavy (non-hydrogen) atoms. The summed E-state index contributed by atoms with van der Waals surface area (Å²) in [7, 11) is -3.74. The third-order valence-corrected chi connectivity index (χ3v) is 4.99. The first kappa shape index (κ1) is 23.5. The molecule has 9 heteroatoms. The number of hydrogen-bond donors (Lipinski definition) is 1. The molecule has 0 spiro atoms. The zero-order valence-electron chi connectivity index (χ0n) is 17.4. The highest BCUT2D eigenvalue weighted by molar-refractivity contribution is 7.86. The van der Waals surface area contributed by atoms with Crippen LogP contribution in [0.2, 0.25) is 0 Å². The van der Waals surface area contributed by atoms with Crippen LogP contribution in [-0.4, -0.2) is 48.2 Å². The van der Waals surface area contributed by atoms with Crippen LogP contribution in [0.4, 0.5) is 0 Å². The van der Waals surface area contributed by atoms with Crippen molar-refractivity contribution >= 4 is 10.1 Å². The van der Waals surface area contributed by atoms with Gasteiger partial charge in [0.05, 0.1) is 11.9 Å². The van der Waals surface area contributed by atoms with Gasteiger partial charge in [-0.15, -0.1) is 0 Å². The fourth-order valence-corrected chi connectivity index (χ4v) is 3.28. The van der Waals surface area contributed by atoms with Gasteiger partial charge in [0.2, 0.25) is 12.2 Å². The molecule has 0 bridgehead atoms. The van der Waals surface area contributed by atoms with E-state index in [2.05, 4.69) is 14.2 Å². The molecule has 0 aliphatic heterocycles. The summed E-state index contributed by atoms with van der Waals surface area (Å²) in [5.74, 6) is 1.45. The van der Waals surface area contributed by atoms with Crippen LogP contribution < -0.4 is 0 Å². The Balaban J connectivity index is 1.67. The van der Waals surface area contributed by atoms with Crippen molar-refractivity contribution in [3.05, 3.63) is 36.0 Å². The summed E-state index contributed by atoms with van der Waals surface area (Å²) in [6.45, 7) is 5.52. The first-order valence-electron chi connectivity index (χ1n) is 9.65. The van der Waals surface area contributed by atoms with Gasteiger partial charge < -0.3 is 14.3 Å². The van der Waals surface area contributed by atoms with E-state index >= 15 is 0 Å².